The maximum Gasteiger partial charge on any atom is 0.303 e. The number of aliphatic hydroxyl groups is 2. The van der Waals surface area contributed by atoms with Crippen LogP contribution >= 0.6 is 0 Å². The number of carbonyl (C=O) groups excluding carboxylic acids is 1. The number of carbonyl (C=O) groups is 1. The Labute approximate surface area is 295 Å². The van der Waals surface area contributed by atoms with Crippen LogP contribution in [-0.4, -0.2) is 89.2 Å². The largest absolute Gasteiger partial charge is 0.457 e. The Hall–Kier alpha value is -0.770. The van der Waals surface area contributed by atoms with Gasteiger partial charge in [-0.3, -0.25) is 9.69 Å². The molecule has 0 bridgehead atoms. The molecule has 49 heavy (non-hydrogen) atoms. The highest BCUT2D eigenvalue weighted by molar-refractivity contribution is 5.66. The smallest absolute Gasteiger partial charge is 0.303 e. The van der Waals surface area contributed by atoms with Gasteiger partial charge in [-0.2, -0.15) is 0 Å². The minimum absolute atomic E-state index is 0.0426. The van der Waals surface area contributed by atoms with Crippen LogP contribution in [0.4, 0.5) is 0 Å². The summed E-state index contributed by atoms with van der Waals surface area (Å²) in [5.74, 6) is 1.17. The van der Waals surface area contributed by atoms with Crippen LogP contribution in [0.5, 0.6) is 0 Å². The van der Waals surface area contributed by atoms with Crippen molar-refractivity contribution in [3.63, 3.8) is 0 Å². The summed E-state index contributed by atoms with van der Waals surface area (Å²) in [5.41, 5.74) is -0.874. The van der Waals surface area contributed by atoms with Crippen molar-refractivity contribution in [2.45, 2.75) is 181 Å². The standard InChI is InChI=1S/C41H67NO7/c1-24-21-27(35(37(5,6)45)47-25(2)43)48-33-32(24)38(7)17-18-41-23-40(41)16-15-30(49-31-22-42(19-20-46-31)26-11-9-10-12-26)36(3,4)28(40)13-14-29(41)39(38,8)34(33)44/h24,26-35,44-45H,9-23H2,1-8H3/t24-,27-,28+,29+,30+,31+,32+,33?,34+,35+,38-,39-,40-,41+/m1/s1. The summed E-state index contributed by atoms with van der Waals surface area (Å²) in [5, 5.41) is 23.7. The molecule has 8 aliphatic rings. The van der Waals surface area contributed by atoms with Crippen LogP contribution in [0.15, 0.2) is 0 Å². The first-order valence-corrected chi connectivity index (χ1v) is 20.2. The summed E-state index contributed by atoms with van der Waals surface area (Å²) < 4.78 is 25.9. The molecule has 0 aromatic carbocycles. The van der Waals surface area contributed by atoms with E-state index in [1.54, 1.807) is 13.8 Å². The zero-order chi connectivity index (χ0) is 34.9. The Balaban J connectivity index is 1.02. The molecule has 2 saturated heterocycles. The van der Waals surface area contributed by atoms with Crippen molar-refractivity contribution in [1.29, 1.82) is 0 Å². The summed E-state index contributed by atoms with van der Waals surface area (Å²) in [4.78, 5) is 14.8. The number of hydrogen-bond acceptors (Lipinski definition) is 8. The number of ether oxygens (including phenoxy) is 4. The Morgan fingerprint density at radius 1 is 0.980 bits per heavy atom. The van der Waals surface area contributed by atoms with Crippen molar-refractivity contribution >= 4 is 5.97 Å². The SMILES string of the molecule is CC(=O)O[C@@H]([C@H]1C[C@@H](C)[C@H]2C(O1)[C@H](O)[C@@]1(C)[C@@H]3CC[C@H]4C(C)(C)[C@@H](O[C@H]5CN(C6CCCC6)CCO5)CC[C@@]45C[C@@]35CC[C@]21C)C(C)(C)O. The van der Waals surface area contributed by atoms with Crippen molar-refractivity contribution in [3.8, 4) is 0 Å². The van der Waals surface area contributed by atoms with E-state index in [-0.39, 0.29) is 52.0 Å². The monoisotopic (exact) mass is 685 g/mol. The van der Waals surface area contributed by atoms with Gasteiger partial charge in [-0.25, -0.2) is 0 Å². The van der Waals surface area contributed by atoms with E-state index in [1.165, 1.54) is 58.3 Å². The fourth-order valence-electron chi connectivity index (χ4n) is 15.1. The molecule has 0 radical (unpaired) electrons. The van der Waals surface area contributed by atoms with Gasteiger partial charge in [0.2, 0.25) is 0 Å². The summed E-state index contributed by atoms with van der Waals surface area (Å²) in [6.07, 6.45) is 12.3. The van der Waals surface area contributed by atoms with Crippen LogP contribution < -0.4 is 0 Å². The van der Waals surface area contributed by atoms with Crippen molar-refractivity contribution in [2.75, 3.05) is 19.7 Å². The second-order valence-corrected chi connectivity index (χ2v) is 20.1. The highest BCUT2D eigenvalue weighted by atomic mass is 16.7. The second kappa shape index (κ2) is 11.6. The third kappa shape index (κ3) is 4.91. The normalized spacial score (nSPS) is 51.5. The molecule has 8 fully saturated rings. The molecule has 1 unspecified atom stereocenters. The van der Waals surface area contributed by atoms with Gasteiger partial charge in [0.25, 0.3) is 0 Å². The quantitative estimate of drug-likeness (QED) is 0.307. The van der Waals surface area contributed by atoms with E-state index in [4.69, 9.17) is 18.9 Å². The van der Waals surface area contributed by atoms with Gasteiger partial charge < -0.3 is 29.2 Å². The fourth-order valence-corrected chi connectivity index (χ4v) is 15.1. The van der Waals surface area contributed by atoms with E-state index in [0.717, 1.165) is 39.0 Å². The molecule has 0 amide bonds. The summed E-state index contributed by atoms with van der Waals surface area (Å²) >= 11 is 0. The molecular formula is C41H67NO7. The molecule has 14 atom stereocenters. The molecule has 0 aromatic heterocycles. The number of hydrogen-bond donors (Lipinski definition) is 2. The average Bonchev–Trinajstić information content (AvgIpc) is 3.29. The minimum Gasteiger partial charge on any atom is -0.457 e. The third-order valence-electron chi connectivity index (χ3n) is 17.3. The minimum atomic E-state index is -1.25. The van der Waals surface area contributed by atoms with E-state index >= 15 is 0 Å². The number of nitrogens with zero attached hydrogens (tertiary/aromatic N) is 1. The van der Waals surface area contributed by atoms with Gasteiger partial charge in [0.15, 0.2) is 12.4 Å². The van der Waals surface area contributed by atoms with Crippen LogP contribution in [-0.2, 0) is 23.7 Å². The molecule has 0 aromatic rings. The molecule has 8 nitrogen and oxygen atoms in total. The van der Waals surface area contributed by atoms with Gasteiger partial charge in [-0.05, 0) is 123 Å². The van der Waals surface area contributed by atoms with E-state index in [0.29, 0.717) is 29.7 Å². The van der Waals surface area contributed by atoms with Crippen molar-refractivity contribution in [3.05, 3.63) is 0 Å². The van der Waals surface area contributed by atoms with Crippen molar-refractivity contribution < 1.29 is 34.0 Å². The highest BCUT2D eigenvalue weighted by Crippen LogP contribution is 2.89. The Kier molecular flexibility index (Phi) is 8.36. The van der Waals surface area contributed by atoms with Gasteiger partial charge in [-0.15, -0.1) is 0 Å². The van der Waals surface area contributed by atoms with E-state index in [1.807, 2.05) is 0 Å². The van der Waals surface area contributed by atoms with E-state index in [9.17, 15) is 15.0 Å². The number of fused-ring (bicyclic) bond motifs is 4. The van der Waals surface area contributed by atoms with Crippen LogP contribution in [0.25, 0.3) is 0 Å². The van der Waals surface area contributed by atoms with E-state index in [2.05, 4.69) is 39.5 Å². The molecule has 2 N–H and O–H groups in total. The lowest BCUT2D eigenvalue weighted by Crippen LogP contribution is -2.60. The number of esters is 1. The Morgan fingerprint density at radius 3 is 2.37 bits per heavy atom. The van der Waals surface area contributed by atoms with Crippen molar-refractivity contribution in [2.24, 2.45) is 50.7 Å². The zero-order valence-electron chi connectivity index (χ0n) is 31.8. The first kappa shape index (κ1) is 35.3. The van der Waals surface area contributed by atoms with Crippen LogP contribution in [0.2, 0.25) is 0 Å². The molecule has 2 heterocycles. The molecule has 6 saturated carbocycles. The fraction of sp³-hybridized carbons (Fsp3) is 0.976. The summed E-state index contributed by atoms with van der Waals surface area (Å²) in [6.45, 7) is 19.7. The first-order chi connectivity index (χ1) is 23.0. The maximum atomic E-state index is 12.6. The number of morpholine rings is 1. The number of rotatable bonds is 6. The summed E-state index contributed by atoms with van der Waals surface area (Å²) in [6, 6.07) is 0.712. The topological polar surface area (TPSA) is 97.7 Å². The van der Waals surface area contributed by atoms with Gasteiger partial charge in [0, 0.05) is 31.5 Å². The molecule has 8 rings (SSSR count). The van der Waals surface area contributed by atoms with Gasteiger partial charge in [0.05, 0.1) is 36.6 Å². The second-order valence-electron chi connectivity index (χ2n) is 20.1. The molecule has 8 heteroatoms. The molecular weight excluding hydrogens is 618 g/mol. The van der Waals surface area contributed by atoms with Gasteiger partial charge >= 0.3 is 5.97 Å². The van der Waals surface area contributed by atoms with Crippen LogP contribution in [0.1, 0.15) is 132 Å². The van der Waals surface area contributed by atoms with Gasteiger partial charge in [-0.1, -0.05) is 47.5 Å². The molecule has 6 aliphatic carbocycles. The summed E-state index contributed by atoms with van der Waals surface area (Å²) in [7, 11) is 0. The highest BCUT2D eigenvalue weighted by Gasteiger charge is 2.84. The third-order valence-corrected chi connectivity index (χ3v) is 17.3. The first-order valence-electron chi connectivity index (χ1n) is 20.2. The maximum absolute atomic E-state index is 12.6. The van der Waals surface area contributed by atoms with E-state index < -0.39 is 29.9 Å². The number of aliphatic hydroxyl groups excluding tert-OH is 1. The molecule has 278 valence electrons. The zero-order valence-corrected chi connectivity index (χ0v) is 31.8. The lowest BCUT2D eigenvalue weighted by molar-refractivity contribution is -0.251. The average molecular weight is 686 g/mol. The Bertz CT molecular complexity index is 1290. The lowest BCUT2D eigenvalue weighted by atomic mass is 9.41. The predicted molar refractivity (Wildman–Crippen MR) is 186 cm³/mol. The predicted octanol–water partition coefficient (Wildman–Crippen LogP) is 6.49. The lowest BCUT2D eigenvalue weighted by Gasteiger charge is -2.64. The van der Waals surface area contributed by atoms with Crippen LogP contribution in [0.3, 0.4) is 0 Å². The molecule has 2 spiro atoms. The van der Waals surface area contributed by atoms with Crippen LogP contribution in [0, 0.1) is 50.7 Å². The van der Waals surface area contributed by atoms with Gasteiger partial charge in [0.1, 0.15) is 0 Å². The molecule has 2 aliphatic heterocycles. The Morgan fingerprint density at radius 2 is 1.67 bits per heavy atom. The van der Waals surface area contributed by atoms with Crippen molar-refractivity contribution in [1.82, 2.24) is 4.90 Å².